The van der Waals surface area contributed by atoms with Gasteiger partial charge >= 0.3 is 0 Å². The maximum Gasteiger partial charge on any atom is 0.238 e. The van der Waals surface area contributed by atoms with Gasteiger partial charge in [-0.1, -0.05) is 31.2 Å². The minimum atomic E-state index is 0.0151. The molecule has 1 amide bonds. The maximum atomic E-state index is 12.0. The Labute approximate surface area is 119 Å². The predicted octanol–water partition coefficient (Wildman–Crippen LogP) is 2.23. The van der Waals surface area contributed by atoms with Crippen LogP contribution in [0.2, 0.25) is 0 Å². The summed E-state index contributed by atoms with van der Waals surface area (Å²) in [4.78, 5) is 14.3. The van der Waals surface area contributed by atoms with Gasteiger partial charge in [0, 0.05) is 6.54 Å². The van der Waals surface area contributed by atoms with E-state index >= 15 is 0 Å². The van der Waals surface area contributed by atoms with Crippen molar-refractivity contribution in [1.29, 1.82) is 0 Å². The van der Waals surface area contributed by atoms with E-state index in [4.69, 9.17) is 4.74 Å². The molecule has 2 saturated heterocycles. The Bertz CT molecular complexity index is 498. The van der Waals surface area contributed by atoms with Crippen LogP contribution in [0, 0.1) is 0 Å². The maximum absolute atomic E-state index is 12.0. The molecule has 0 radical (unpaired) electrons. The highest BCUT2D eigenvalue weighted by Gasteiger charge is 2.41. The summed E-state index contributed by atoms with van der Waals surface area (Å²) in [5.41, 5.74) is 1.12. The molecule has 0 aliphatic carbocycles. The number of carbonyl (C=O) groups excluding carboxylic acids is 1. The molecular formula is C16H20N2O2. The molecule has 2 aliphatic rings. The van der Waals surface area contributed by atoms with Crippen LogP contribution in [0.5, 0.6) is 5.75 Å². The number of ether oxygens (including phenoxy) is 1. The Balaban J connectivity index is 1.75. The molecule has 0 saturated carbocycles. The van der Waals surface area contributed by atoms with Crippen molar-refractivity contribution in [2.75, 3.05) is 13.2 Å². The van der Waals surface area contributed by atoms with Crippen molar-refractivity contribution in [1.82, 2.24) is 10.2 Å². The van der Waals surface area contributed by atoms with Crippen molar-refractivity contribution in [2.45, 2.75) is 31.5 Å². The number of nitrogens with zero attached hydrogens (tertiary/aromatic N) is 1. The van der Waals surface area contributed by atoms with Gasteiger partial charge in [0.05, 0.1) is 6.04 Å². The Morgan fingerprint density at radius 3 is 2.90 bits per heavy atom. The zero-order valence-corrected chi connectivity index (χ0v) is 11.5. The minimum Gasteiger partial charge on any atom is -0.490 e. The molecule has 2 unspecified atom stereocenters. The monoisotopic (exact) mass is 272 g/mol. The fraction of sp³-hybridized carbons (Fsp3) is 0.438. The van der Waals surface area contributed by atoms with Gasteiger partial charge in [0.1, 0.15) is 18.5 Å². The molecule has 2 heterocycles. The molecule has 20 heavy (non-hydrogen) atoms. The van der Waals surface area contributed by atoms with Crippen LogP contribution in [0.3, 0.4) is 0 Å². The van der Waals surface area contributed by atoms with Gasteiger partial charge in [-0.25, -0.2) is 0 Å². The third kappa shape index (κ3) is 2.43. The number of amides is 1. The zero-order chi connectivity index (χ0) is 13.9. The second-order valence-electron chi connectivity index (χ2n) is 5.33. The summed E-state index contributed by atoms with van der Waals surface area (Å²) in [6.07, 6.45) is 5.03. The molecule has 2 atom stereocenters. The molecule has 4 heteroatoms. The van der Waals surface area contributed by atoms with Gasteiger partial charge in [0.15, 0.2) is 0 Å². The molecule has 0 spiro atoms. The summed E-state index contributed by atoms with van der Waals surface area (Å²) >= 11 is 0. The third-order valence-electron chi connectivity index (χ3n) is 4.02. The SMILES string of the molecule is C=CCOc1ccc(C2NC(=O)C3CCCCN32)cc1. The molecule has 0 aromatic heterocycles. The van der Waals surface area contributed by atoms with E-state index in [1.54, 1.807) is 6.08 Å². The first-order chi connectivity index (χ1) is 9.79. The molecule has 2 fully saturated rings. The molecule has 0 bridgehead atoms. The fourth-order valence-electron chi connectivity index (χ4n) is 3.03. The van der Waals surface area contributed by atoms with Crippen LogP contribution in [0.25, 0.3) is 0 Å². The predicted molar refractivity (Wildman–Crippen MR) is 77.4 cm³/mol. The number of rotatable bonds is 4. The van der Waals surface area contributed by atoms with E-state index in [1.807, 2.05) is 24.3 Å². The lowest BCUT2D eigenvalue weighted by Crippen LogP contribution is -2.38. The number of carbonyl (C=O) groups is 1. The van der Waals surface area contributed by atoms with Gasteiger partial charge < -0.3 is 10.1 Å². The summed E-state index contributed by atoms with van der Waals surface area (Å²) in [6, 6.07) is 8.01. The molecule has 1 aromatic carbocycles. The highest BCUT2D eigenvalue weighted by molar-refractivity contribution is 5.84. The molecule has 106 valence electrons. The summed E-state index contributed by atoms with van der Waals surface area (Å²) in [5.74, 6) is 0.995. The number of fused-ring (bicyclic) bond motifs is 1. The van der Waals surface area contributed by atoms with Gasteiger partial charge in [-0.2, -0.15) is 0 Å². The first-order valence-electron chi connectivity index (χ1n) is 7.19. The van der Waals surface area contributed by atoms with E-state index in [0.717, 1.165) is 30.7 Å². The highest BCUT2D eigenvalue weighted by Crippen LogP contribution is 2.32. The van der Waals surface area contributed by atoms with Crippen LogP contribution in [-0.2, 0) is 4.79 Å². The van der Waals surface area contributed by atoms with Gasteiger partial charge in [0.25, 0.3) is 0 Å². The Morgan fingerprint density at radius 2 is 2.15 bits per heavy atom. The standard InChI is InChI=1S/C16H20N2O2/c1-2-11-20-13-8-6-12(7-9-13)15-17-16(19)14-5-3-4-10-18(14)15/h2,6-9,14-15H,1,3-5,10-11H2,(H,17,19). The average molecular weight is 272 g/mol. The van der Waals surface area contributed by atoms with Crippen molar-refractivity contribution in [3.05, 3.63) is 42.5 Å². The number of piperidine rings is 1. The van der Waals surface area contributed by atoms with E-state index in [1.165, 1.54) is 6.42 Å². The van der Waals surface area contributed by atoms with Crippen molar-refractivity contribution < 1.29 is 9.53 Å². The average Bonchev–Trinajstić information content (AvgIpc) is 2.83. The lowest BCUT2D eigenvalue weighted by molar-refractivity contribution is -0.122. The van der Waals surface area contributed by atoms with Crippen molar-refractivity contribution in [3.63, 3.8) is 0 Å². The molecule has 2 aliphatic heterocycles. The minimum absolute atomic E-state index is 0.0151. The fourth-order valence-corrected chi connectivity index (χ4v) is 3.03. The summed E-state index contributed by atoms with van der Waals surface area (Å²) in [5, 5.41) is 3.10. The van der Waals surface area contributed by atoms with Crippen molar-refractivity contribution in [3.8, 4) is 5.75 Å². The number of hydrogen-bond donors (Lipinski definition) is 1. The zero-order valence-electron chi connectivity index (χ0n) is 11.5. The Hall–Kier alpha value is -1.81. The molecular weight excluding hydrogens is 252 g/mol. The number of nitrogens with one attached hydrogen (secondary N) is 1. The quantitative estimate of drug-likeness (QED) is 0.855. The summed E-state index contributed by atoms with van der Waals surface area (Å²) in [6.45, 7) is 5.13. The van der Waals surface area contributed by atoms with Gasteiger partial charge in [-0.3, -0.25) is 9.69 Å². The van der Waals surface area contributed by atoms with Crippen molar-refractivity contribution >= 4 is 5.91 Å². The van der Waals surface area contributed by atoms with E-state index in [2.05, 4.69) is 16.8 Å². The lowest BCUT2D eigenvalue weighted by atomic mass is 10.0. The van der Waals surface area contributed by atoms with Crippen LogP contribution in [0.15, 0.2) is 36.9 Å². The normalized spacial score (nSPS) is 25.9. The van der Waals surface area contributed by atoms with Crippen LogP contribution in [-0.4, -0.2) is 30.0 Å². The Kier molecular flexibility index (Phi) is 3.74. The highest BCUT2D eigenvalue weighted by atomic mass is 16.5. The third-order valence-corrected chi connectivity index (χ3v) is 4.02. The Morgan fingerprint density at radius 1 is 1.35 bits per heavy atom. The molecule has 4 nitrogen and oxygen atoms in total. The molecule has 3 rings (SSSR count). The lowest BCUT2D eigenvalue weighted by Gasteiger charge is -2.31. The largest absolute Gasteiger partial charge is 0.490 e. The van der Waals surface area contributed by atoms with Gasteiger partial charge in [-0.15, -0.1) is 0 Å². The molecule has 1 N–H and O–H groups in total. The van der Waals surface area contributed by atoms with Gasteiger partial charge in [0.2, 0.25) is 5.91 Å². The van der Waals surface area contributed by atoms with Crippen LogP contribution >= 0.6 is 0 Å². The van der Waals surface area contributed by atoms with Crippen molar-refractivity contribution in [2.24, 2.45) is 0 Å². The molecule has 1 aromatic rings. The van der Waals surface area contributed by atoms with Crippen LogP contribution in [0.4, 0.5) is 0 Å². The van der Waals surface area contributed by atoms with E-state index in [0.29, 0.717) is 6.61 Å². The first kappa shape index (κ1) is 13.2. The van der Waals surface area contributed by atoms with E-state index in [9.17, 15) is 4.79 Å². The van der Waals surface area contributed by atoms with E-state index in [-0.39, 0.29) is 18.1 Å². The smallest absolute Gasteiger partial charge is 0.238 e. The van der Waals surface area contributed by atoms with Crippen LogP contribution in [0.1, 0.15) is 31.0 Å². The topological polar surface area (TPSA) is 41.6 Å². The first-order valence-corrected chi connectivity index (χ1v) is 7.19. The number of benzene rings is 1. The second kappa shape index (κ2) is 5.67. The number of hydrogen-bond acceptors (Lipinski definition) is 3. The second-order valence-corrected chi connectivity index (χ2v) is 5.33. The van der Waals surface area contributed by atoms with Crippen LogP contribution < -0.4 is 10.1 Å². The van der Waals surface area contributed by atoms with Gasteiger partial charge in [-0.05, 0) is 30.5 Å². The summed E-state index contributed by atoms with van der Waals surface area (Å²) in [7, 11) is 0. The summed E-state index contributed by atoms with van der Waals surface area (Å²) < 4.78 is 5.48. The van der Waals surface area contributed by atoms with E-state index < -0.39 is 0 Å².